The smallest absolute Gasteiger partial charge is 0.0152 e. The average molecular weight is 176 g/mol. The van der Waals surface area contributed by atoms with Crippen LogP contribution in [0.4, 0.5) is 0 Å². The molecule has 3 heteroatoms. The Balaban J connectivity index is 3.01. The van der Waals surface area contributed by atoms with Crippen LogP contribution in [-0.4, -0.2) is 12.6 Å². The van der Waals surface area contributed by atoms with E-state index in [4.69, 9.17) is 0 Å². The fourth-order valence-corrected chi connectivity index (χ4v) is 1.30. The molecule has 0 aromatic rings. The van der Waals surface area contributed by atoms with Gasteiger partial charge in [0.25, 0.3) is 0 Å². The van der Waals surface area contributed by atoms with Crippen molar-refractivity contribution in [2.45, 2.75) is 40.2 Å². The Morgan fingerprint density at radius 3 is 2.36 bits per heavy atom. The lowest BCUT2D eigenvalue weighted by molar-refractivity contribution is 0.628. The predicted molar refractivity (Wildman–Crippen MR) is 53.3 cm³/mol. The third-order valence-electron chi connectivity index (χ3n) is 1.44. The van der Waals surface area contributed by atoms with E-state index in [-0.39, 0.29) is 0 Å². The van der Waals surface area contributed by atoms with Gasteiger partial charge in [0, 0.05) is 24.7 Å². The fraction of sp³-hybridized carbons (Fsp3) is 1.00. The molecule has 0 saturated carbocycles. The molecule has 2 nitrogen and oxygen atoms in total. The second kappa shape index (κ2) is 6.95. The first-order valence-electron chi connectivity index (χ1n) is 4.31. The van der Waals surface area contributed by atoms with Gasteiger partial charge in [-0.05, 0) is 19.3 Å². The van der Waals surface area contributed by atoms with Crippen LogP contribution in [0, 0.1) is 5.92 Å². The molecular formula is C8H20N2S. The molecule has 0 aromatic carbocycles. The molecule has 1 atom stereocenters. The van der Waals surface area contributed by atoms with E-state index in [1.807, 2.05) is 0 Å². The zero-order valence-corrected chi connectivity index (χ0v) is 8.79. The molecular weight excluding hydrogens is 156 g/mol. The van der Waals surface area contributed by atoms with Crippen LogP contribution >= 0.6 is 12.1 Å². The molecule has 0 radical (unpaired) electrons. The van der Waals surface area contributed by atoms with Crippen LogP contribution in [0.5, 0.6) is 0 Å². The summed E-state index contributed by atoms with van der Waals surface area (Å²) in [5.41, 5.74) is 0. The molecule has 0 bridgehead atoms. The summed E-state index contributed by atoms with van der Waals surface area (Å²) < 4.78 is 6.55. The van der Waals surface area contributed by atoms with Crippen LogP contribution < -0.4 is 9.44 Å². The summed E-state index contributed by atoms with van der Waals surface area (Å²) >= 11 is 1.61. The van der Waals surface area contributed by atoms with E-state index in [9.17, 15) is 0 Å². The lowest BCUT2D eigenvalue weighted by atomic mass is 10.2. The Morgan fingerprint density at radius 2 is 1.91 bits per heavy atom. The van der Waals surface area contributed by atoms with Gasteiger partial charge in [-0.15, -0.1) is 0 Å². The number of hydrogen-bond donors (Lipinski definition) is 2. The van der Waals surface area contributed by atoms with E-state index < -0.39 is 0 Å². The van der Waals surface area contributed by atoms with Crippen molar-refractivity contribution >= 4 is 12.1 Å². The van der Waals surface area contributed by atoms with Crippen molar-refractivity contribution in [3.63, 3.8) is 0 Å². The van der Waals surface area contributed by atoms with Crippen LogP contribution in [-0.2, 0) is 0 Å². The van der Waals surface area contributed by atoms with Crippen molar-refractivity contribution in [3.05, 3.63) is 0 Å². The van der Waals surface area contributed by atoms with Gasteiger partial charge in [0.05, 0.1) is 0 Å². The van der Waals surface area contributed by atoms with Crippen LogP contribution in [0.1, 0.15) is 34.1 Å². The van der Waals surface area contributed by atoms with Crippen molar-refractivity contribution in [2.75, 3.05) is 6.54 Å². The normalized spacial score (nSPS) is 13.9. The summed E-state index contributed by atoms with van der Waals surface area (Å²) in [5, 5.41) is 0. The Kier molecular flexibility index (Phi) is 7.12. The summed E-state index contributed by atoms with van der Waals surface area (Å²) in [6, 6.07) is 0.597. The first-order valence-corrected chi connectivity index (χ1v) is 5.12. The molecule has 0 saturated heterocycles. The highest BCUT2D eigenvalue weighted by atomic mass is 32.2. The summed E-state index contributed by atoms with van der Waals surface area (Å²) in [6.07, 6.45) is 1.18. The van der Waals surface area contributed by atoms with Gasteiger partial charge in [-0.3, -0.25) is 4.72 Å². The molecule has 1 unspecified atom stereocenters. The lowest BCUT2D eigenvalue weighted by Crippen LogP contribution is -2.24. The zero-order chi connectivity index (χ0) is 8.69. The Labute approximate surface area is 74.8 Å². The average Bonchev–Trinajstić information content (AvgIpc) is 1.97. The second-order valence-electron chi connectivity index (χ2n) is 3.27. The van der Waals surface area contributed by atoms with E-state index in [1.54, 1.807) is 12.1 Å². The molecule has 0 spiro atoms. The number of nitrogens with one attached hydrogen (secondary N) is 2. The summed E-state index contributed by atoms with van der Waals surface area (Å²) in [5.74, 6) is 0.723. The first-order chi connectivity index (χ1) is 5.16. The van der Waals surface area contributed by atoms with E-state index in [1.165, 1.54) is 6.42 Å². The highest BCUT2D eigenvalue weighted by molar-refractivity contribution is 7.95. The summed E-state index contributed by atoms with van der Waals surface area (Å²) in [6.45, 7) is 9.84. The van der Waals surface area contributed by atoms with Gasteiger partial charge in [0.1, 0.15) is 0 Å². The fourth-order valence-electron chi connectivity index (χ4n) is 0.434. The van der Waals surface area contributed by atoms with Gasteiger partial charge < -0.3 is 0 Å². The third kappa shape index (κ3) is 8.17. The van der Waals surface area contributed by atoms with Crippen LogP contribution in [0.3, 0.4) is 0 Å². The minimum Gasteiger partial charge on any atom is -0.251 e. The van der Waals surface area contributed by atoms with Gasteiger partial charge in [-0.1, -0.05) is 20.8 Å². The Bertz CT molecular complexity index is 86.2. The molecule has 0 rings (SSSR count). The minimum absolute atomic E-state index is 0.597. The van der Waals surface area contributed by atoms with E-state index in [2.05, 4.69) is 37.1 Å². The molecule has 0 aliphatic heterocycles. The molecule has 0 aliphatic carbocycles. The van der Waals surface area contributed by atoms with Crippen molar-refractivity contribution in [2.24, 2.45) is 5.92 Å². The predicted octanol–water partition coefficient (Wildman–Crippen LogP) is 2.18. The molecule has 0 aromatic heterocycles. The molecule has 2 N–H and O–H groups in total. The third-order valence-corrected chi connectivity index (χ3v) is 2.27. The molecule has 68 valence electrons. The topological polar surface area (TPSA) is 24.1 Å². The van der Waals surface area contributed by atoms with Gasteiger partial charge in [0.2, 0.25) is 0 Å². The Hall–Kier alpha value is 0.270. The Morgan fingerprint density at radius 1 is 1.27 bits per heavy atom. The minimum atomic E-state index is 0.597. The first kappa shape index (κ1) is 11.3. The maximum atomic E-state index is 3.29. The monoisotopic (exact) mass is 176 g/mol. The van der Waals surface area contributed by atoms with Gasteiger partial charge in [-0.25, -0.2) is 4.72 Å². The van der Waals surface area contributed by atoms with Gasteiger partial charge in [-0.2, -0.15) is 0 Å². The summed E-state index contributed by atoms with van der Waals surface area (Å²) in [7, 11) is 0. The lowest BCUT2D eigenvalue weighted by Gasteiger charge is -2.11. The van der Waals surface area contributed by atoms with Crippen molar-refractivity contribution in [1.29, 1.82) is 0 Å². The summed E-state index contributed by atoms with van der Waals surface area (Å²) in [4.78, 5) is 0. The van der Waals surface area contributed by atoms with Gasteiger partial charge >= 0.3 is 0 Å². The number of hydrogen-bond acceptors (Lipinski definition) is 3. The van der Waals surface area contributed by atoms with Crippen molar-refractivity contribution in [3.8, 4) is 0 Å². The van der Waals surface area contributed by atoms with E-state index >= 15 is 0 Å². The quantitative estimate of drug-likeness (QED) is 0.479. The molecule has 11 heavy (non-hydrogen) atoms. The molecule has 0 aliphatic rings. The highest BCUT2D eigenvalue weighted by Crippen LogP contribution is 1.96. The standard InChI is InChI=1S/C8H20N2S/c1-5-8(4)10-11-9-6-7(2)3/h7-10H,5-6H2,1-4H3. The van der Waals surface area contributed by atoms with E-state index in [0.717, 1.165) is 12.5 Å². The SMILES string of the molecule is CCC(C)NSNCC(C)C. The number of rotatable bonds is 6. The van der Waals surface area contributed by atoms with Gasteiger partial charge in [0.15, 0.2) is 0 Å². The highest BCUT2D eigenvalue weighted by Gasteiger charge is 1.96. The molecule has 0 heterocycles. The largest absolute Gasteiger partial charge is 0.251 e. The zero-order valence-electron chi connectivity index (χ0n) is 7.98. The van der Waals surface area contributed by atoms with E-state index in [0.29, 0.717) is 6.04 Å². The van der Waals surface area contributed by atoms with Crippen LogP contribution in [0.2, 0.25) is 0 Å². The molecule has 0 amide bonds. The van der Waals surface area contributed by atoms with Crippen molar-refractivity contribution < 1.29 is 0 Å². The van der Waals surface area contributed by atoms with Crippen LogP contribution in [0.25, 0.3) is 0 Å². The molecule has 0 fully saturated rings. The maximum Gasteiger partial charge on any atom is 0.0152 e. The maximum absolute atomic E-state index is 3.29. The second-order valence-corrected chi connectivity index (χ2v) is 4.00. The van der Waals surface area contributed by atoms with Crippen molar-refractivity contribution in [1.82, 2.24) is 9.44 Å². The van der Waals surface area contributed by atoms with Crippen LogP contribution in [0.15, 0.2) is 0 Å².